The summed E-state index contributed by atoms with van der Waals surface area (Å²) in [6.45, 7) is 5.77. The number of halogens is 1. The molecule has 19 heavy (non-hydrogen) atoms. The van der Waals surface area contributed by atoms with E-state index in [2.05, 4.69) is 30.8 Å². The molecule has 1 aromatic carbocycles. The highest BCUT2D eigenvalue weighted by Gasteiger charge is 2.32. The van der Waals surface area contributed by atoms with Crippen LogP contribution in [0.1, 0.15) is 25.5 Å². The van der Waals surface area contributed by atoms with Gasteiger partial charge in [0.15, 0.2) is 0 Å². The van der Waals surface area contributed by atoms with Crippen molar-refractivity contribution < 1.29 is 9.50 Å². The Hall–Kier alpha value is -1.13. The first kappa shape index (κ1) is 14.3. The van der Waals surface area contributed by atoms with Gasteiger partial charge in [-0.15, -0.1) is 0 Å². The number of rotatable bonds is 3. The van der Waals surface area contributed by atoms with Crippen molar-refractivity contribution in [3.8, 4) is 0 Å². The van der Waals surface area contributed by atoms with Gasteiger partial charge >= 0.3 is 0 Å². The summed E-state index contributed by atoms with van der Waals surface area (Å²) in [6, 6.07) is 5.18. The van der Waals surface area contributed by atoms with Gasteiger partial charge in [0, 0.05) is 30.4 Å². The lowest BCUT2D eigenvalue weighted by Gasteiger charge is -2.25. The summed E-state index contributed by atoms with van der Waals surface area (Å²) in [5.74, 6) is 0.262. The summed E-state index contributed by atoms with van der Waals surface area (Å²) < 4.78 is 13.3. The van der Waals surface area contributed by atoms with Gasteiger partial charge in [0.1, 0.15) is 5.82 Å². The van der Waals surface area contributed by atoms with Gasteiger partial charge in [-0.1, -0.05) is 6.92 Å². The monoisotopic (exact) mass is 266 g/mol. The Kier molecular flexibility index (Phi) is 4.11. The van der Waals surface area contributed by atoms with Crippen LogP contribution >= 0.6 is 0 Å². The second kappa shape index (κ2) is 5.47. The highest BCUT2D eigenvalue weighted by Crippen LogP contribution is 2.32. The van der Waals surface area contributed by atoms with E-state index in [0.29, 0.717) is 17.5 Å². The lowest BCUT2D eigenvalue weighted by molar-refractivity contribution is 0.199. The number of likely N-dealkylation sites (N-methyl/N-ethyl adjacent to an activating group) is 1. The largest absolute Gasteiger partial charge is 0.389 e. The number of anilines is 1. The first-order valence-corrected chi connectivity index (χ1v) is 6.79. The third-order valence-electron chi connectivity index (χ3n) is 4.02. The molecule has 106 valence electrons. The van der Waals surface area contributed by atoms with Crippen LogP contribution in [0.3, 0.4) is 0 Å². The fourth-order valence-electron chi connectivity index (χ4n) is 2.97. The second-order valence-corrected chi connectivity index (χ2v) is 5.79. The zero-order valence-corrected chi connectivity index (χ0v) is 12.1. The maximum absolute atomic E-state index is 13.3. The molecule has 3 atom stereocenters. The molecule has 0 radical (unpaired) electrons. The van der Waals surface area contributed by atoms with Crippen LogP contribution in [0.2, 0.25) is 0 Å². The topological polar surface area (TPSA) is 26.7 Å². The van der Waals surface area contributed by atoms with Crippen LogP contribution in [0.4, 0.5) is 10.1 Å². The Bertz CT molecular complexity index is 448. The SMILES string of the molecule is CC1CN(c2ccc(F)cc2[C@@H](C)O)CC1N(C)C. The van der Waals surface area contributed by atoms with Gasteiger partial charge in [-0.05, 0) is 45.1 Å². The molecule has 0 saturated carbocycles. The second-order valence-electron chi connectivity index (χ2n) is 5.79. The van der Waals surface area contributed by atoms with Crippen LogP contribution in [-0.4, -0.2) is 43.2 Å². The predicted molar refractivity (Wildman–Crippen MR) is 75.9 cm³/mol. The first-order valence-electron chi connectivity index (χ1n) is 6.79. The van der Waals surface area contributed by atoms with Crippen molar-refractivity contribution in [1.29, 1.82) is 0 Å². The van der Waals surface area contributed by atoms with Gasteiger partial charge in [-0.2, -0.15) is 0 Å². The molecule has 1 saturated heterocycles. The average molecular weight is 266 g/mol. The van der Waals surface area contributed by atoms with Crippen molar-refractivity contribution in [1.82, 2.24) is 4.90 Å². The first-order chi connectivity index (χ1) is 8.90. The molecule has 2 unspecified atom stereocenters. The van der Waals surface area contributed by atoms with E-state index >= 15 is 0 Å². The molecular weight excluding hydrogens is 243 g/mol. The van der Waals surface area contributed by atoms with E-state index in [1.165, 1.54) is 12.1 Å². The van der Waals surface area contributed by atoms with Crippen LogP contribution in [-0.2, 0) is 0 Å². The molecule has 1 N–H and O–H groups in total. The molecule has 0 bridgehead atoms. The number of hydrogen-bond acceptors (Lipinski definition) is 3. The van der Waals surface area contributed by atoms with Crippen molar-refractivity contribution in [2.24, 2.45) is 5.92 Å². The molecule has 0 amide bonds. The van der Waals surface area contributed by atoms with Gasteiger partial charge in [0.05, 0.1) is 6.10 Å². The minimum Gasteiger partial charge on any atom is -0.389 e. The van der Waals surface area contributed by atoms with Crippen LogP contribution < -0.4 is 4.90 Å². The van der Waals surface area contributed by atoms with E-state index in [4.69, 9.17) is 0 Å². The molecule has 1 fully saturated rings. The molecule has 0 aromatic heterocycles. The van der Waals surface area contributed by atoms with Crippen LogP contribution in [0.25, 0.3) is 0 Å². The summed E-state index contributed by atoms with van der Waals surface area (Å²) in [5, 5.41) is 9.83. The third kappa shape index (κ3) is 2.90. The van der Waals surface area contributed by atoms with Gasteiger partial charge in [-0.3, -0.25) is 0 Å². The number of aliphatic hydroxyl groups is 1. The van der Waals surface area contributed by atoms with Crippen molar-refractivity contribution in [2.45, 2.75) is 26.0 Å². The molecule has 0 spiro atoms. The normalized spacial score (nSPS) is 25.1. The Morgan fingerprint density at radius 1 is 1.37 bits per heavy atom. The lowest BCUT2D eigenvalue weighted by Crippen LogP contribution is -2.34. The van der Waals surface area contributed by atoms with Crippen molar-refractivity contribution in [3.05, 3.63) is 29.6 Å². The Morgan fingerprint density at radius 3 is 2.58 bits per heavy atom. The Morgan fingerprint density at radius 2 is 2.05 bits per heavy atom. The van der Waals surface area contributed by atoms with E-state index in [1.807, 2.05) is 0 Å². The van der Waals surface area contributed by atoms with E-state index in [0.717, 1.165) is 18.8 Å². The number of nitrogens with zero attached hydrogens (tertiary/aromatic N) is 2. The Balaban J connectivity index is 2.28. The zero-order valence-electron chi connectivity index (χ0n) is 12.1. The van der Waals surface area contributed by atoms with Crippen LogP contribution in [0.15, 0.2) is 18.2 Å². The van der Waals surface area contributed by atoms with Gasteiger partial charge in [-0.25, -0.2) is 4.39 Å². The lowest BCUT2D eigenvalue weighted by atomic mass is 10.1. The molecule has 4 heteroatoms. The maximum Gasteiger partial charge on any atom is 0.123 e. The van der Waals surface area contributed by atoms with E-state index < -0.39 is 6.10 Å². The number of aliphatic hydroxyl groups excluding tert-OH is 1. The number of benzene rings is 1. The highest BCUT2D eigenvalue weighted by atomic mass is 19.1. The van der Waals surface area contributed by atoms with Crippen molar-refractivity contribution >= 4 is 5.69 Å². The summed E-state index contributed by atoms with van der Waals surface area (Å²) >= 11 is 0. The molecule has 2 rings (SSSR count). The molecule has 1 aliphatic rings. The molecule has 0 aliphatic carbocycles. The van der Waals surface area contributed by atoms with Gasteiger partial charge in [0.2, 0.25) is 0 Å². The summed E-state index contributed by atoms with van der Waals surface area (Å²) in [5.41, 5.74) is 1.62. The van der Waals surface area contributed by atoms with Gasteiger partial charge < -0.3 is 14.9 Å². The summed E-state index contributed by atoms with van der Waals surface area (Å²) in [6.07, 6.45) is -0.653. The fourth-order valence-corrected chi connectivity index (χ4v) is 2.97. The van der Waals surface area contributed by atoms with Crippen LogP contribution in [0, 0.1) is 11.7 Å². The third-order valence-corrected chi connectivity index (χ3v) is 4.02. The van der Waals surface area contributed by atoms with Gasteiger partial charge in [0.25, 0.3) is 0 Å². The fraction of sp³-hybridized carbons (Fsp3) is 0.600. The number of hydrogen-bond donors (Lipinski definition) is 1. The van der Waals surface area contributed by atoms with Crippen molar-refractivity contribution in [3.63, 3.8) is 0 Å². The molecule has 1 aromatic rings. The van der Waals surface area contributed by atoms with E-state index in [9.17, 15) is 9.50 Å². The minimum atomic E-state index is -0.653. The predicted octanol–water partition coefficient (Wildman–Crippen LogP) is 2.27. The molecule has 3 nitrogen and oxygen atoms in total. The maximum atomic E-state index is 13.3. The zero-order chi connectivity index (χ0) is 14.2. The van der Waals surface area contributed by atoms with Crippen LogP contribution in [0.5, 0.6) is 0 Å². The van der Waals surface area contributed by atoms with E-state index in [1.54, 1.807) is 13.0 Å². The summed E-state index contributed by atoms with van der Waals surface area (Å²) in [7, 11) is 4.18. The smallest absolute Gasteiger partial charge is 0.123 e. The average Bonchev–Trinajstić information content (AvgIpc) is 2.71. The highest BCUT2D eigenvalue weighted by molar-refractivity contribution is 5.56. The molecule has 1 aliphatic heterocycles. The summed E-state index contributed by atoms with van der Waals surface area (Å²) in [4.78, 5) is 4.48. The quantitative estimate of drug-likeness (QED) is 0.909. The van der Waals surface area contributed by atoms with E-state index in [-0.39, 0.29) is 5.82 Å². The van der Waals surface area contributed by atoms with Crippen molar-refractivity contribution in [2.75, 3.05) is 32.1 Å². The minimum absolute atomic E-state index is 0.295. The molecule has 1 heterocycles. The Labute approximate surface area is 114 Å². The molecular formula is C15H23FN2O. The standard InChI is InChI=1S/C15H23FN2O/c1-10-8-18(9-15(10)17(3)4)14-6-5-12(16)7-13(14)11(2)19/h5-7,10-11,15,19H,8-9H2,1-4H3/t10?,11-,15?/m1/s1.